The Kier molecular flexibility index (Phi) is 6.21. The minimum absolute atomic E-state index is 0.310. The Hall–Kier alpha value is -3.79. The molecule has 0 aliphatic heterocycles. The van der Waals surface area contributed by atoms with Crippen molar-refractivity contribution in [1.29, 1.82) is 0 Å². The smallest absolute Gasteiger partial charge is 0.332 e. The number of hydrogen-bond acceptors (Lipinski definition) is 6. The molecule has 0 aliphatic carbocycles. The number of rotatable bonds is 8. The Morgan fingerprint density at radius 3 is 2.57 bits per heavy atom. The molecule has 180 valence electrons. The molecular formula is C25H26N6O3S. The third-order valence-corrected chi connectivity index (χ3v) is 6.92. The van der Waals surface area contributed by atoms with Crippen LogP contribution in [0.5, 0.6) is 5.75 Å². The molecule has 2 aromatic carbocycles. The highest BCUT2D eigenvalue weighted by molar-refractivity contribution is 7.99. The molecule has 3 aromatic heterocycles. The molecule has 5 aromatic rings. The van der Waals surface area contributed by atoms with Crippen LogP contribution in [0.15, 0.2) is 69.6 Å². The lowest BCUT2D eigenvalue weighted by molar-refractivity contribution is 0.340. The summed E-state index contributed by atoms with van der Waals surface area (Å²) in [5.41, 5.74) is 3.09. The summed E-state index contributed by atoms with van der Waals surface area (Å²) in [6.45, 7) is 2.90. The van der Waals surface area contributed by atoms with Gasteiger partial charge in [0.05, 0.1) is 24.0 Å². The first-order valence-electron chi connectivity index (χ1n) is 11.4. The molecule has 5 rings (SSSR count). The van der Waals surface area contributed by atoms with Gasteiger partial charge in [-0.2, -0.15) is 0 Å². The number of imidazole rings is 2. The van der Waals surface area contributed by atoms with Crippen molar-refractivity contribution in [3.63, 3.8) is 0 Å². The third kappa shape index (κ3) is 4.14. The minimum Gasteiger partial charge on any atom is -0.494 e. The van der Waals surface area contributed by atoms with Gasteiger partial charge in [-0.25, -0.2) is 14.8 Å². The summed E-state index contributed by atoms with van der Waals surface area (Å²) in [5, 5.41) is 0.859. The summed E-state index contributed by atoms with van der Waals surface area (Å²) in [5.74, 6) is 1.52. The minimum atomic E-state index is -0.354. The van der Waals surface area contributed by atoms with Gasteiger partial charge in [0.1, 0.15) is 5.75 Å². The normalized spacial score (nSPS) is 11.5. The fourth-order valence-electron chi connectivity index (χ4n) is 4.19. The van der Waals surface area contributed by atoms with Crippen LogP contribution in [0.1, 0.15) is 13.3 Å². The van der Waals surface area contributed by atoms with Crippen molar-refractivity contribution in [3.05, 3.63) is 75.7 Å². The van der Waals surface area contributed by atoms with Crippen molar-refractivity contribution < 1.29 is 4.74 Å². The fraction of sp³-hybridized carbons (Fsp3) is 0.280. The molecule has 9 nitrogen and oxygen atoms in total. The summed E-state index contributed by atoms with van der Waals surface area (Å²) in [7, 11) is 3.40. The zero-order valence-electron chi connectivity index (χ0n) is 19.8. The fourth-order valence-corrected chi connectivity index (χ4v) is 5.14. The molecule has 3 heterocycles. The van der Waals surface area contributed by atoms with E-state index in [9.17, 15) is 9.59 Å². The number of fused-ring (bicyclic) bond motifs is 2. The average Bonchev–Trinajstić information content (AvgIpc) is 3.43. The van der Waals surface area contributed by atoms with Crippen LogP contribution in [0.3, 0.4) is 0 Å². The molecule has 0 saturated heterocycles. The lowest BCUT2D eigenvalue weighted by atomic mass is 10.2. The maximum absolute atomic E-state index is 12.9. The molecule has 0 spiro atoms. The quantitative estimate of drug-likeness (QED) is 0.245. The SMILES string of the molecule is CCOc1ccc(-n2c(SCCCn3c(=O)c4c(ncn4C)n(C)c3=O)nc3ccccc32)cc1. The first-order chi connectivity index (χ1) is 17.0. The van der Waals surface area contributed by atoms with Gasteiger partial charge in [0.15, 0.2) is 16.3 Å². The number of aryl methyl sites for hydroxylation is 2. The molecule has 0 saturated carbocycles. The van der Waals surface area contributed by atoms with Gasteiger partial charge < -0.3 is 9.30 Å². The number of benzene rings is 2. The second-order valence-electron chi connectivity index (χ2n) is 8.17. The van der Waals surface area contributed by atoms with E-state index in [0.29, 0.717) is 36.5 Å². The van der Waals surface area contributed by atoms with E-state index in [1.54, 1.807) is 36.8 Å². The Labute approximate surface area is 205 Å². The van der Waals surface area contributed by atoms with Crippen molar-refractivity contribution in [2.45, 2.75) is 25.0 Å². The van der Waals surface area contributed by atoms with Crippen LogP contribution in [0.25, 0.3) is 27.9 Å². The molecule has 0 fully saturated rings. The number of ether oxygens (including phenoxy) is 1. The highest BCUT2D eigenvalue weighted by Crippen LogP contribution is 2.29. The van der Waals surface area contributed by atoms with Crippen LogP contribution in [0, 0.1) is 0 Å². The van der Waals surface area contributed by atoms with Crippen LogP contribution in [-0.2, 0) is 20.6 Å². The Bertz CT molecular complexity index is 1630. The standard InChI is InChI=1S/C25H26N6O3S/c1-4-34-18-12-10-17(11-13-18)31-20-9-6-5-8-19(20)27-24(31)35-15-7-14-30-23(32)21-22(26-16-28(21)2)29(3)25(30)33/h5-6,8-13,16H,4,7,14-15H2,1-3H3. The van der Waals surface area contributed by atoms with Gasteiger partial charge in [0, 0.05) is 32.1 Å². The van der Waals surface area contributed by atoms with E-state index in [1.165, 1.54) is 9.13 Å². The van der Waals surface area contributed by atoms with Crippen molar-refractivity contribution in [2.24, 2.45) is 14.1 Å². The van der Waals surface area contributed by atoms with Crippen molar-refractivity contribution in [2.75, 3.05) is 12.4 Å². The first kappa shape index (κ1) is 23.0. The van der Waals surface area contributed by atoms with Crippen molar-refractivity contribution >= 4 is 34.0 Å². The van der Waals surface area contributed by atoms with E-state index < -0.39 is 0 Å². The maximum Gasteiger partial charge on any atom is 0.332 e. The molecular weight excluding hydrogens is 464 g/mol. The maximum atomic E-state index is 12.9. The third-order valence-electron chi connectivity index (χ3n) is 5.89. The molecule has 0 radical (unpaired) electrons. The number of para-hydroxylation sites is 2. The van der Waals surface area contributed by atoms with Gasteiger partial charge >= 0.3 is 5.69 Å². The van der Waals surface area contributed by atoms with Gasteiger partial charge in [0.25, 0.3) is 5.56 Å². The summed E-state index contributed by atoms with van der Waals surface area (Å²) in [6.07, 6.45) is 2.19. The largest absolute Gasteiger partial charge is 0.494 e. The molecule has 10 heteroatoms. The highest BCUT2D eigenvalue weighted by Gasteiger charge is 2.16. The van der Waals surface area contributed by atoms with Crippen molar-refractivity contribution in [3.8, 4) is 11.4 Å². The second-order valence-corrected chi connectivity index (χ2v) is 9.24. The lowest BCUT2D eigenvalue weighted by Crippen LogP contribution is -2.39. The second kappa shape index (κ2) is 9.46. The predicted octanol–water partition coefficient (Wildman–Crippen LogP) is 3.35. The summed E-state index contributed by atoms with van der Waals surface area (Å²) >= 11 is 1.60. The number of hydrogen-bond donors (Lipinski definition) is 0. The Balaban J connectivity index is 1.39. The lowest BCUT2D eigenvalue weighted by Gasteiger charge is -2.11. The van der Waals surface area contributed by atoms with Gasteiger partial charge in [-0.15, -0.1) is 0 Å². The van der Waals surface area contributed by atoms with E-state index in [4.69, 9.17) is 9.72 Å². The number of thioether (sulfide) groups is 1. The molecule has 0 aliphatic rings. The predicted molar refractivity (Wildman–Crippen MR) is 138 cm³/mol. The molecule has 35 heavy (non-hydrogen) atoms. The van der Waals surface area contributed by atoms with Crippen molar-refractivity contribution in [1.82, 2.24) is 28.2 Å². The van der Waals surface area contributed by atoms with E-state index in [2.05, 4.69) is 15.6 Å². The number of aromatic nitrogens is 6. The highest BCUT2D eigenvalue weighted by atomic mass is 32.2. The average molecular weight is 491 g/mol. The topological polar surface area (TPSA) is 88.9 Å². The molecule has 0 N–H and O–H groups in total. The van der Waals surface area contributed by atoms with Crippen LogP contribution in [0.2, 0.25) is 0 Å². The van der Waals surface area contributed by atoms with E-state index in [0.717, 1.165) is 27.6 Å². The summed E-state index contributed by atoms with van der Waals surface area (Å²) < 4.78 is 12.1. The van der Waals surface area contributed by atoms with Gasteiger partial charge in [-0.3, -0.25) is 18.5 Å². The molecule has 0 amide bonds. The van der Waals surface area contributed by atoms with Crippen LogP contribution >= 0.6 is 11.8 Å². The Morgan fingerprint density at radius 2 is 1.80 bits per heavy atom. The monoisotopic (exact) mass is 490 g/mol. The Morgan fingerprint density at radius 1 is 1.03 bits per heavy atom. The van der Waals surface area contributed by atoms with Crippen LogP contribution in [0.4, 0.5) is 0 Å². The summed E-state index contributed by atoms with van der Waals surface area (Å²) in [6, 6.07) is 16.0. The van der Waals surface area contributed by atoms with Crippen LogP contribution in [-0.4, -0.2) is 40.6 Å². The van der Waals surface area contributed by atoms with Crippen LogP contribution < -0.4 is 16.0 Å². The molecule has 0 bridgehead atoms. The zero-order chi connectivity index (χ0) is 24.5. The molecule has 0 atom stereocenters. The first-order valence-corrected chi connectivity index (χ1v) is 12.4. The van der Waals surface area contributed by atoms with E-state index >= 15 is 0 Å². The van der Waals surface area contributed by atoms with E-state index in [1.807, 2.05) is 49.4 Å². The van der Waals surface area contributed by atoms with E-state index in [-0.39, 0.29) is 11.2 Å². The van der Waals surface area contributed by atoms with Gasteiger partial charge in [0.2, 0.25) is 0 Å². The van der Waals surface area contributed by atoms with Gasteiger partial charge in [-0.1, -0.05) is 23.9 Å². The molecule has 0 unspecified atom stereocenters. The van der Waals surface area contributed by atoms with Gasteiger partial charge in [-0.05, 0) is 49.7 Å². The number of nitrogens with zero attached hydrogens (tertiary/aromatic N) is 6. The summed E-state index contributed by atoms with van der Waals surface area (Å²) in [4.78, 5) is 34.7. The zero-order valence-corrected chi connectivity index (χ0v) is 20.7.